The maximum absolute atomic E-state index is 9.33. The standard InChI is InChI=1S/C16H22ClNO2/c1-11(5-12(2)19)8-18-9-13-6-14-7-15(17)3-4-16(14)20-10-13/h3-4,6-7,11-12,18-19H,5,8-10H2,1-2H3. The van der Waals surface area contributed by atoms with E-state index >= 15 is 0 Å². The molecule has 0 radical (unpaired) electrons. The Kier molecular flexibility index (Phi) is 5.46. The molecule has 0 aromatic heterocycles. The van der Waals surface area contributed by atoms with Gasteiger partial charge in [0.15, 0.2) is 0 Å². The second kappa shape index (κ2) is 7.11. The van der Waals surface area contributed by atoms with Gasteiger partial charge in [-0.15, -0.1) is 0 Å². The predicted octanol–water partition coefficient (Wildman–Crippen LogP) is 3.11. The summed E-state index contributed by atoms with van der Waals surface area (Å²) < 4.78 is 5.71. The lowest BCUT2D eigenvalue weighted by atomic mass is 10.0. The van der Waals surface area contributed by atoms with Crippen LogP contribution in [0.15, 0.2) is 23.8 Å². The summed E-state index contributed by atoms with van der Waals surface area (Å²) in [6.45, 7) is 6.28. The molecule has 20 heavy (non-hydrogen) atoms. The van der Waals surface area contributed by atoms with Gasteiger partial charge in [-0.25, -0.2) is 0 Å². The van der Waals surface area contributed by atoms with Gasteiger partial charge in [0.1, 0.15) is 12.4 Å². The molecule has 0 fully saturated rings. The Balaban J connectivity index is 1.85. The van der Waals surface area contributed by atoms with E-state index in [9.17, 15) is 5.11 Å². The second-order valence-electron chi connectivity index (χ2n) is 5.59. The average molecular weight is 296 g/mol. The third-order valence-corrected chi connectivity index (χ3v) is 3.57. The summed E-state index contributed by atoms with van der Waals surface area (Å²) in [5.41, 5.74) is 2.25. The fraction of sp³-hybridized carbons (Fsp3) is 0.500. The molecule has 110 valence electrons. The number of aliphatic hydroxyl groups is 1. The number of fused-ring (bicyclic) bond motifs is 1. The SMILES string of the molecule is CC(O)CC(C)CNCC1=Cc2cc(Cl)ccc2OC1. The molecule has 2 rings (SSSR count). The molecule has 1 aromatic rings. The molecule has 0 bridgehead atoms. The molecular weight excluding hydrogens is 274 g/mol. The molecule has 1 aromatic carbocycles. The number of hydrogen-bond donors (Lipinski definition) is 2. The second-order valence-corrected chi connectivity index (χ2v) is 6.03. The summed E-state index contributed by atoms with van der Waals surface area (Å²) in [5.74, 6) is 1.35. The number of benzene rings is 1. The largest absolute Gasteiger partial charge is 0.489 e. The number of ether oxygens (including phenoxy) is 1. The van der Waals surface area contributed by atoms with Crippen LogP contribution in [0, 0.1) is 5.92 Å². The molecular formula is C16H22ClNO2. The van der Waals surface area contributed by atoms with E-state index in [-0.39, 0.29) is 6.10 Å². The summed E-state index contributed by atoms with van der Waals surface area (Å²) in [5, 5.41) is 13.5. The lowest BCUT2D eigenvalue weighted by Gasteiger charge is -2.20. The van der Waals surface area contributed by atoms with Crippen LogP contribution in [-0.2, 0) is 0 Å². The van der Waals surface area contributed by atoms with E-state index < -0.39 is 0 Å². The zero-order chi connectivity index (χ0) is 14.5. The minimum atomic E-state index is -0.238. The molecule has 0 saturated heterocycles. The molecule has 4 heteroatoms. The molecule has 0 saturated carbocycles. The van der Waals surface area contributed by atoms with Crippen molar-refractivity contribution in [1.82, 2.24) is 5.32 Å². The highest BCUT2D eigenvalue weighted by atomic mass is 35.5. The van der Waals surface area contributed by atoms with Crippen molar-refractivity contribution in [2.24, 2.45) is 5.92 Å². The van der Waals surface area contributed by atoms with Crippen molar-refractivity contribution in [2.45, 2.75) is 26.4 Å². The van der Waals surface area contributed by atoms with Crippen LogP contribution in [0.1, 0.15) is 25.8 Å². The zero-order valence-corrected chi connectivity index (χ0v) is 12.8. The van der Waals surface area contributed by atoms with Crippen LogP contribution in [0.25, 0.3) is 6.08 Å². The van der Waals surface area contributed by atoms with Gasteiger partial charge in [-0.2, -0.15) is 0 Å². The topological polar surface area (TPSA) is 41.5 Å². The van der Waals surface area contributed by atoms with Gasteiger partial charge in [-0.3, -0.25) is 0 Å². The van der Waals surface area contributed by atoms with Crippen LogP contribution in [0.3, 0.4) is 0 Å². The van der Waals surface area contributed by atoms with Crippen molar-refractivity contribution in [3.05, 3.63) is 34.4 Å². The van der Waals surface area contributed by atoms with E-state index in [2.05, 4.69) is 18.3 Å². The highest BCUT2D eigenvalue weighted by Crippen LogP contribution is 2.28. The molecule has 1 heterocycles. The van der Waals surface area contributed by atoms with E-state index in [1.807, 2.05) is 25.1 Å². The Bertz CT molecular complexity index is 485. The molecule has 0 spiro atoms. The smallest absolute Gasteiger partial charge is 0.127 e. The number of halogens is 1. The third-order valence-electron chi connectivity index (χ3n) is 3.33. The number of nitrogens with one attached hydrogen (secondary N) is 1. The van der Waals surface area contributed by atoms with Crippen LogP contribution in [-0.4, -0.2) is 30.9 Å². The van der Waals surface area contributed by atoms with Gasteiger partial charge in [0.2, 0.25) is 0 Å². The van der Waals surface area contributed by atoms with Gasteiger partial charge in [-0.1, -0.05) is 18.5 Å². The zero-order valence-electron chi connectivity index (χ0n) is 12.0. The monoisotopic (exact) mass is 295 g/mol. The summed E-state index contributed by atoms with van der Waals surface area (Å²) in [7, 11) is 0. The average Bonchev–Trinajstić information content (AvgIpc) is 2.37. The Hall–Kier alpha value is -1.03. The van der Waals surface area contributed by atoms with E-state index in [1.54, 1.807) is 0 Å². The first-order chi connectivity index (χ1) is 9.54. The van der Waals surface area contributed by atoms with Gasteiger partial charge in [0.25, 0.3) is 0 Å². The molecule has 1 aliphatic rings. The third kappa shape index (κ3) is 4.51. The fourth-order valence-electron chi connectivity index (χ4n) is 2.44. The van der Waals surface area contributed by atoms with Gasteiger partial charge in [0, 0.05) is 17.1 Å². The van der Waals surface area contributed by atoms with Crippen molar-refractivity contribution in [3.8, 4) is 5.75 Å². The number of aliphatic hydroxyl groups excluding tert-OH is 1. The molecule has 0 aliphatic carbocycles. The highest BCUT2D eigenvalue weighted by Gasteiger charge is 2.12. The van der Waals surface area contributed by atoms with Gasteiger partial charge in [0.05, 0.1) is 6.10 Å². The van der Waals surface area contributed by atoms with Crippen molar-refractivity contribution >= 4 is 17.7 Å². The Morgan fingerprint density at radius 1 is 1.40 bits per heavy atom. The molecule has 1 aliphatic heterocycles. The molecule has 2 N–H and O–H groups in total. The van der Waals surface area contributed by atoms with Crippen LogP contribution in [0.4, 0.5) is 0 Å². The molecule has 3 nitrogen and oxygen atoms in total. The van der Waals surface area contributed by atoms with E-state index in [4.69, 9.17) is 16.3 Å². The summed E-state index contributed by atoms with van der Waals surface area (Å²) in [6, 6.07) is 5.67. The van der Waals surface area contributed by atoms with Gasteiger partial charge in [-0.05, 0) is 55.7 Å². The molecule has 2 unspecified atom stereocenters. The molecule has 0 amide bonds. The fourth-order valence-corrected chi connectivity index (χ4v) is 2.62. The molecule has 2 atom stereocenters. The van der Waals surface area contributed by atoms with Crippen molar-refractivity contribution in [2.75, 3.05) is 19.7 Å². The number of rotatable bonds is 6. The van der Waals surface area contributed by atoms with Crippen molar-refractivity contribution in [1.29, 1.82) is 0 Å². The first-order valence-corrected chi connectivity index (χ1v) is 7.43. The number of hydrogen-bond acceptors (Lipinski definition) is 3. The minimum Gasteiger partial charge on any atom is -0.489 e. The van der Waals surface area contributed by atoms with Crippen molar-refractivity contribution < 1.29 is 9.84 Å². The van der Waals surface area contributed by atoms with E-state index in [0.29, 0.717) is 12.5 Å². The van der Waals surface area contributed by atoms with Crippen molar-refractivity contribution in [3.63, 3.8) is 0 Å². The van der Waals surface area contributed by atoms with Crippen LogP contribution >= 0.6 is 11.6 Å². The Labute approximate surface area is 125 Å². The summed E-state index contributed by atoms with van der Waals surface area (Å²) >= 11 is 5.99. The summed E-state index contributed by atoms with van der Waals surface area (Å²) in [4.78, 5) is 0. The normalized spacial score (nSPS) is 16.9. The summed E-state index contributed by atoms with van der Waals surface area (Å²) in [6.07, 6.45) is 2.72. The van der Waals surface area contributed by atoms with E-state index in [1.165, 1.54) is 5.57 Å². The maximum atomic E-state index is 9.33. The maximum Gasteiger partial charge on any atom is 0.127 e. The predicted molar refractivity (Wildman–Crippen MR) is 83.3 cm³/mol. The van der Waals surface area contributed by atoms with E-state index in [0.717, 1.165) is 35.8 Å². The first kappa shape index (κ1) is 15.4. The van der Waals surface area contributed by atoms with Gasteiger partial charge >= 0.3 is 0 Å². The van der Waals surface area contributed by atoms with Crippen LogP contribution in [0.5, 0.6) is 5.75 Å². The first-order valence-electron chi connectivity index (χ1n) is 7.05. The van der Waals surface area contributed by atoms with Crippen LogP contribution in [0.2, 0.25) is 5.02 Å². The Morgan fingerprint density at radius 3 is 2.95 bits per heavy atom. The Morgan fingerprint density at radius 2 is 2.20 bits per heavy atom. The quantitative estimate of drug-likeness (QED) is 0.847. The minimum absolute atomic E-state index is 0.238. The van der Waals surface area contributed by atoms with Gasteiger partial charge < -0.3 is 15.2 Å². The highest BCUT2D eigenvalue weighted by molar-refractivity contribution is 6.30. The van der Waals surface area contributed by atoms with Crippen LogP contribution < -0.4 is 10.1 Å². The lowest BCUT2D eigenvalue weighted by Crippen LogP contribution is -2.27. The lowest BCUT2D eigenvalue weighted by molar-refractivity contribution is 0.163.